The Bertz CT molecular complexity index is 1060. The second-order valence-corrected chi connectivity index (χ2v) is 7.36. The van der Waals surface area contributed by atoms with E-state index >= 15 is 0 Å². The van der Waals surface area contributed by atoms with E-state index in [1.807, 2.05) is 36.6 Å². The zero-order valence-corrected chi connectivity index (χ0v) is 17.0. The summed E-state index contributed by atoms with van der Waals surface area (Å²) in [7, 11) is 0. The summed E-state index contributed by atoms with van der Waals surface area (Å²) in [5.41, 5.74) is 3.05. The number of carbonyl (C=O) groups excluding carboxylic acids is 2. The second-order valence-electron chi connectivity index (χ2n) is 6.50. The number of anilines is 1. The Balaban J connectivity index is 1.46. The number of nitro groups is 1. The van der Waals surface area contributed by atoms with Crippen molar-refractivity contribution in [3.63, 3.8) is 0 Å². The lowest BCUT2D eigenvalue weighted by Crippen LogP contribution is -2.14. The molecule has 3 aromatic rings. The minimum atomic E-state index is -0.609. The van der Waals surface area contributed by atoms with E-state index in [9.17, 15) is 19.7 Å². The molecule has 0 spiro atoms. The van der Waals surface area contributed by atoms with E-state index in [1.54, 1.807) is 6.07 Å². The van der Waals surface area contributed by atoms with Gasteiger partial charge in [0.25, 0.3) is 5.69 Å². The van der Waals surface area contributed by atoms with Crippen molar-refractivity contribution in [2.75, 3.05) is 5.32 Å². The molecule has 0 aliphatic heterocycles. The number of carbonyl (C=O) groups is 2. The minimum absolute atomic E-state index is 0.0742. The van der Waals surface area contributed by atoms with E-state index in [2.05, 4.69) is 10.3 Å². The molecule has 1 amide bonds. The Labute approximate surface area is 176 Å². The van der Waals surface area contributed by atoms with Crippen LogP contribution >= 0.6 is 11.3 Å². The quantitative estimate of drug-likeness (QED) is 0.323. The van der Waals surface area contributed by atoms with Crippen LogP contribution in [0, 0.1) is 17.0 Å². The number of ether oxygens (including phenoxy) is 1. The minimum Gasteiger partial charge on any atom is -0.461 e. The van der Waals surface area contributed by atoms with Gasteiger partial charge in [-0.2, -0.15) is 0 Å². The van der Waals surface area contributed by atoms with Crippen molar-refractivity contribution >= 4 is 34.0 Å². The van der Waals surface area contributed by atoms with Gasteiger partial charge < -0.3 is 10.1 Å². The molecule has 0 aliphatic rings. The molecule has 8 nitrogen and oxygen atoms in total. The molecule has 0 atom stereocenters. The van der Waals surface area contributed by atoms with Crippen molar-refractivity contribution in [2.24, 2.45) is 0 Å². The molecule has 1 heterocycles. The molecule has 1 aromatic heterocycles. The molecule has 9 heteroatoms. The van der Waals surface area contributed by atoms with Gasteiger partial charge in [0, 0.05) is 23.4 Å². The fraction of sp³-hybridized carbons (Fsp3) is 0.190. The average molecular weight is 425 g/mol. The number of nitrogens with one attached hydrogen (secondary N) is 1. The molecule has 0 radical (unpaired) electrons. The number of para-hydroxylation sites is 1. The first-order chi connectivity index (χ1) is 14.4. The fourth-order valence-electron chi connectivity index (χ4n) is 2.63. The van der Waals surface area contributed by atoms with Gasteiger partial charge in [-0.15, -0.1) is 11.3 Å². The van der Waals surface area contributed by atoms with Gasteiger partial charge in [-0.25, -0.2) is 4.98 Å². The van der Waals surface area contributed by atoms with Crippen LogP contribution in [-0.2, 0) is 20.9 Å². The maximum atomic E-state index is 12.1. The van der Waals surface area contributed by atoms with Gasteiger partial charge in [-0.1, -0.05) is 42.0 Å². The highest BCUT2D eigenvalue weighted by Crippen LogP contribution is 2.25. The zero-order valence-electron chi connectivity index (χ0n) is 16.2. The van der Waals surface area contributed by atoms with Crippen LogP contribution in [0.3, 0.4) is 0 Å². The Morgan fingerprint density at radius 2 is 1.87 bits per heavy atom. The summed E-state index contributed by atoms with van der Waals surface area (Å²) in [4.78, 5) is 38.8. The molecule has 154 valence electrons. The van der Waals surface area contributed by atoms with E-state index in [4.69, 9.17) is 4.74 Å². The lowest BCUT2D eigenvalue weighted by molar-refractivity contribution is -0.385. The number of nitrogens with zero attached hydrogens (tertiary/aromatic N) is 2. The van der Waals surface area contributed by atoms with E-state index in [0.717, 1.165) is 16.8 Å². The molecule has 0 fully saturated rings. The number of amides is 1. The summed E-state index contributed by atoms with van der Waals surface area (Å²) in [6.07, 6.45) is -0.210. The molecule has 3 rings (SSSR count). The highest BCUT2D eigenvalue weighted by atomic mass is 32.1. The largest absolute Gasteiger partial charge is 0.461 e. The number of rotatable bonds is 8. The number of aromatic nitrogens is 1. The summed E-state index contributed by atoms with van der Waals surface area (Å²) in [6.45, 7) is 1.78. The molecule has 1 N–H and O–H groups in total. The molecule has 0 saturated carbocycles. The number of hydrogen-bond donors (Lipinski definition) is 1. The SMILES string of the molecule is Cc1ccc(-c2csc(NC(=O)CCC(=O)OCc3ccccc3[N+](=O)[O-])n2)cc1. The predicted molar refractivity (Wildman–Crippen MR) is 113 cm³/mol. The summed E-state index contributed by atoms with van der Waals surface area (Å²) >= 11 is 1.30. The number of nitro benzene ring substituents is 1. The molecule has 0 unspecified atom stereocenters. The van der Waals surface area contributed by atoms with E-state index in [1.165, 1.54) is 29.5 Å². The normalized spacial score (nSPS) is 10.4. The van der Waals surface area contributed by atoms with Crippen molar-refractivity contribution < 1.29 is 19.2 Å². The van der Waals surface area contributed by atoms with Gasteiger partial charge in [0.05, 0.1) is 22.6 Å². The van der Waals surface area contributed by atoms with E-state index < -0.39 is 10.9 Å². The lowest BCUT2D eigenvalue weighted by atomic mass is 10.1. The van der Waals surface area contributed by atoms with Crippen LogP contribution in [0.25, 0.3) is 11.3 Å². The number of hydrogen-bond acceptors (Lipinski definition) is 7. The van der Waals surface area contributed by atoms with Crippen molar-refractivity contribution in [1.82, 2.24) is 4.98 Å². The Morgan fingerprint density at radius 1 is 1.13 bits per heavy atom. The van der Waals surface area contributed by atoms with Crippen LogP contribution in [0.5, 0.6) is 0 Å². The van der Waals surface area contributed by atoms with Gasteiger partial charge in [0.2, 0.25) is 5.91 Å². The van der Waals surface area contributed by atoms with Crippen LogP contribution < -0.4 is 5.32 Å². The summed E-state index contributed by atoms with van der Waals surface area (Å²) in [6, 6.07) is 13.9. The first kappa shape index (κ1) is 21.1. The standard InChI is InChI=1S/C21H19N3O5S/c1-14-6-8-15(9-7-14)17-13-30-21(22-17)23-19(25)10-11-20(26)29-12-16-4-2-3-5-18(16)24(27)28/h2-9,13H,10-12H2,1H3,(H,22,23,25). The molecule has 2 aromatic carbocycles. The van der Waals surface area contributed by atoms with Crippen LogP contribution in [0.15, 0.2) is 53.9 Å². The van der Waals surface area contributed by atoms with E-state index in [-0.39, 0.29) is 31.0 Å². The van der Waals surface area contributed by atoms with Gasteiger partial charge >= 0.3 is 5.97 Å². The maximum Gasteiger partial charge on any atom is 0.306 e. The maximum absolute atomic E-state index is 12.1. The van der Waals surface area contributed by atoms with Crippen molar-refractivity contribution in [2.45, 2.75) is 26.4 Å². The number of thiazole rings is 1. The Kier molecular flexibility index (Phi) is 6.87. The lowest BCUT2D eigenvalue weighted by Gasteiger charge is -2.05. The molecular weight excluding hydrogens is 406 g/mol. The highest BCUT2D eigenvalue weighted by Gasteiger charge is 2.15. The Hall–Kier alpha value is -3.59. The third kappa shape index (κ3) is 5.71. The summed E-state index contributed by atoms with van der Waals surface area (Å²) in [5.74, 6) is -0.967. The predicted octanol–water partition coefficient (Wildman–Crippen LogP) is 4.49. The first-order valence-corrected chi connectivity index (χ1v) is 10.0. The van der Waals surface area contributed by atoms with Crippen LogP contribution in [0.4, 0.5) is 10.8 Å². The summed E-state index contributed by atoms with van der Waals surface area (Å²) in [5, 5.41) is 15.9. The van der Waals surface area contributed by atoms with Crippen molar-refractivity contribution in [3.05, 3.63) is 75.2 Å². The number of esters is 1. The first-order valence-electron chi connectivity index (χ1n) is 9.12. The van der Waals surface area contributed by atoms with Crippen LogP contribution in [-0.4, -0.2) is 21.8 Å². The van der Waals surface area contributed by atoms with Crippen LogP contribution in [0.2, 0.25) is 0 Å². The average Bonchev–Trinajstić information content (AvgIpc) is 3.19. The summed E-state index contributed by atoms with van der Waals surface area (Å²) < 4.78 is 5.05. The number of aryl methyl sites for hydroxylation is 1. The monoisotopic (exact) mass is 425 g/mol. The van der Waals surface area contributed by atoms with Gasteiger partial charge in [-0.3, -0.25) is 19.7 Å². The van der Waals surface area contributed by atoms with Gasteiger partial charge in [-0.05, 0) is 13.0 Å². The fourth-order valence-corrected chi connectivity index (χ4v) is 3.36. The second kappa shape index (κ2) is 9.75. The van der Waals surface area contributed by atoms with Crippen LogP contribution in [0.1, 0.15) is 24.0 Å². The third-order valence-corrected chi connectivity index (χ3v) is 4.99. The number of benzene rings is 2. The van der Waals surface area contributed by atoms with Gasteiger partial charge in [0.1, 0.15) is 6.61 Å². The highest BCUT2D eigenvalue weighted by molar-refractivity contribution is 7.14. The van der Waals surface area contributed by atoms with E-state index in [0.29, 0.717) is 10.7 Å². The van der Waals surface area contributed by atoms with Gasteiger partial charge in [0.15, 0.2) is 5.13 Å². The molecule has 30 heavy (non-hydrogen) atoms. The molecular formula is C21H19N3O5S. The zero-order chi connectivity index (χ0) is 21.5. The van der Waals surface area contributed by atoms with Crippen molar-refractivity contribution in [1.29, 1.82) is 0 Å². The topological polar surface area (TPSA) is 111 Å². The third-order valence-electron chi connectivity index (χ3n) is 4.23. The smallest absolute Gasteiger partial charge is 0.306 e. The molecule has 0 bridgehead atoms. The molecule has 0 saturated heterocycles. The van der Waals surface area contributed by atoms with Crippen molar-refractivity contribution in [3.8, 4) is 11.3 Å². The Morgan fingerprint density at radius 3 is 2.60 bits per heavy atom. The molecule has 0 aliphatic carbocycles.